The van der Waals surface area contributed by atoms with Crippen LogP contribution in [0.5, 0.6) is 0 Å². The number of nitrogens with one attached hydrogen (secondary N) is 4. The number of rotatable bonds is 8. The fourth-order valence-corrected chi connectivity index (χ4v) is 3.03. The number of aryl methyl sites for hydroxylation is 2. The van der Waals surface area contributed by atoms with E-state index in [4.69, 9.17) is 11.1 Å². The summed E-state index contributed by atoms with van der Waals surface area (Å²) in [7, 11) is 1.67. The van der Waals surface area contributed by atoms with E-state index in [0.29, 0.717) is 28.4 Å². The first-order chi connectivity index (χ1) is 12.3. The summed E-state index contributed by atoms with van der Waals surface area (Å²) in [6.45, 7) is 1.92. The van der Waals surface area contributed by atoms with Gasteiger partial charge in [0.2, 0.25) is 6.41 Å². The van der Waals surface area contributed by atoms with Crippen molar-refractivity contribution in [3.63, 3.8) is 0 Å². The second-order valence-corrected chi connectivity index (χ2v) is 6.40. The van der Waals surface area contributed by atoms with Crippen molar-refractivity contribution >= 4 is 46.2 Å². The van der Waals surface area contributed by atoms with Gasteiger partial charge in [0.05, 0.1) is 17.2 Å². The van der Waals surface area contributed by atoms with E-state index in [1.165, 1.54) is 6.07 Å². The summed E-state index contributed by atoms with van der Waals surface area (Å²) in [5.41, 5.74) is 6.55. The van der Waals surface area contributed by atoms with Crippen molar-refractivity contribution in [2.75, 3.05) is 17.2 Å². The number of anilines is 2. The van der Waals surface area contributed by atoms with Gasteiger partial charge in [-0.3, -0.25) is 25.1 Å². The lowest BCUT2D eigenvalue weighted by atomic mass is 10.3. The van der Waals surface area contributed by atoms with Crippen LogP contribution >= 0.6 is 11.3 Å². The quantitative estimate of drug-likeness (QED) is 0.260. The summed E-state index contributed by atoms with van der Waals surface area (Å²) in [6, 6.07) is 1.53. The highest BCUT2D eigenvalue weighted by molar-refractivity contribution is 7.17. The summed E-state index contributed by atoms with van der Waals surface area (Å²) < 4.78 is 1.57. The van der Waals surface area contributed by atoms with E-state index in [1.54, 1.807) is 24.7 Å². The van der Waals surface area contributed by atoms with Crippen LogP contribution in [0.1, 0.15) is 32.3 Å². The maximum atomic E-state index is 12.4. The summed E-state index contributed by atoms with van der Waals surface area (Å²) in [4.78, 5) is 39.6. The minimum Gasteiger partial charge on any atom is -0.388 e. The van der Waals surface area contributed by atoms with E-state index in [2.05, 4.69) is 20.9 Å². The van der Waals surface area contributed by atoms with Gasteiger partial charge in [-0.2, -0.15) is 0 Å². The van der Waals surface area contributed by atoms with Gasteiger partial charge >= 0.3 is 0 Å². The molecule has 0 unspecified atom stereocenters. The average molecular weight is 377 g/mol. The van der Waals surface area contributed by atoms with Gasteiger partial charge in [-0.25, -0.2) is 4.98 Å². The molecular weight excluding hydrogens is 358 g/mol. The fourth-order valence-electron chi connectivity index (χ4n) is 2.15. The smallest absolute Gasteiger partial charge is 0.274 e. The molecule has 2 aromatic heterocycles. The first kappa shape index (κ1) is 19.1. The van der Waals surface area contributed by atoms with Gasteiger partial charge in [-0.15, -0.1) is 0 Å². The highest BCUT2D eigenvalue weighted by Crippen LogP contribution is 2.23. The molecule has 2 rings (SSSR count). The predicted octanol–water partition coefficient (Wildman–Crippen LogP) is 0.666. The zero-order valence-electron chi connectivity index (χ0n) is 14.3. The number of amidine groups is 1. The third-order valence-electron chi connectivity index (χ3n) is 3.37. The first-order valence-corrected chi connectivity index (χ1v) is 8.40. The molecule has 0 bridgehead atoms. The molecule has 10 nitrogen and oxygen atoms in total. The van der Waals surface area contributed by atoms with Crippen molar-refractivity contribution in [3.8, 4) is 0 Å². The van der Waals surface area contributed by atoms with Gasteiger partial charge in [0.15, 0.2) is 5.13 Å². The molecule has 0 aliphatic carbocycles. The Morgan fingerprint density at radius 1 is 1.42 bits per heavy atom. The largest absolute Gasteiger partial charge is 0.388 e. The van der Waals surface area contributed by atoms with E-state index in [1.807, 2.05) is 0 Å². The van der Waals surface area contributed by atoms with Crippen molar-refractivity contribution in [1.82, 2.24) is 14.9 Å². The maximum absolute atomic E-state index is 12.4. The molecular formula is C15H19N7O3S. The Morgan fingerprint density at radius 2 is 2.15 bits per heavy atom. The van der Waals surface area contributed by atoms with Crippen LogP contribution in [-0.4, -0.2) is 40.2 Å². The van der Waals surface area contributed by atoms with Gasteiger partial charge in [0.25, 0.3) is 11.8 Å². The Kier molecular flexibility index (Phi) is 6.07. The molecule has 6 N–H and O–H groups in total. The van der Waals surface area contributed by atoms with Crippen LogP contribution in [0.2, 0.25) is 0 Å². The van der Waals surface area contributed by atoms with Crippen molar-refractivity contribution in [2.45, 2.75) is 13.3 Å². The molecule has 0 atom stereocenters. The first-order valence-electron chi connectivity index (χ1n) is 7.58. The zero-order chi connectivity index (χ0) is 19.3. The SMILES string of the molecule is Cc1nc(NC(=O)c2cc(NC=O)cn2C)sc1C(=O)NCCC(=N)N. The van der Waals surface area contributed by atoms with Crippen LogP contribution < -0.4 is 21.7 Å². The predicted molar refractivity (Wildman–Crippen MR) is 98.8 cm³/mol. The molecule has 2 heterocycles. The molecule has 3 amide bonds. The minimum absolute atomic E-state index is 0.00900. The third-order valence-corrected chi connectivity index (χ3v) is 4.44. The molecule has 0 radical (unpaired) electrons. The van der Waals surface area contributed by atoms with E-state index < -0.39 is 5.91 Å². The van der Waals surface area contributed by atoms with Crippen LogP contribution in [0, 0.1) is 12.3 Å². The number of carbonyl (C=O) groups is 3. The molecule has 26 heavy (non-hydrogen) atoms. The van der Waals surface area contributed by atoms with Crippen molar-refractivity contribution in [1.29, 1.82) is 5.41 Å². The summed E-state index contributed by atoms with van der Waals surface area (Å²) >= 11 is 1.05. The molecule has 0 fully saturated rings. The number of carbonyl (C=O) groups excluding carboxylic acids is 3. The number of amides is 3. The second kappa shape index (κ2) is 8.25. The third kappa shape index (κ3) is 4.66. The fraction of sp³-hybridized carbons (Fsp3) is 0.267. The molecule has 11 heteroatoms. The number of nitrogens with two attached hydrogens (primary N) is 1. The summed E-state index contributed by atoms with van der Waals surface area (Å²) in [5, 5.41) is 15.2. The lowest BCUT2D eigenvalue weighted by Gasteiger charge is -2.03. The van der Waals surface area contributed by atoms with Crippen LogP contribution in [-0.2, 0) is 11.8 Å². The number of thiazole rings is 1. The Bertz CT molecular complexity index is 856. The normalized spacial score (nSPS) is 10.2. The topological polar surface area (TPSA) is 155 Å². The van der Waals surface area contributed by atoms with E-state index in [-0.39, 0.29) is 29.8 Å². The Labute approximate surface area is 153 Å². The lowest BCUT2D eigenvalue weighted by Crippen LogP contribution is -2.27. The van der Waals surface area contributed by atoms with E-state index in [9.17, 15) is 14.4 Å². The van der Waals surface area contributed by atoms with E-state index >= 15 is 0 Å². The van der Waals surface area contributed by atoms with Gasteiger partial charge in [-0.05, 0) is 13.0 Å². The standard InChI is InChI=1S/C15H19N7O3S/c1-8-12(14(25)18-4-3-11(16)17)26-15(20-8)21-13(24)10-5-9(19-7-23)6-22(10)2/h5-7H,3-4H2,1-2H3,(H3,16,17)(H,18,25)(H,19,23)(H,20,21,24). The van der Waals surface area contributed by atoms with Gasteiger partial charge in [0, 0.05) is 26.2 Å². The molecule has 0 saturated heterocycles. The van der Waals surface area contributed by atoms with Crippen LogP contribution in [0.3, 0.4) is 0 Å². The van der Waals surface area contributed by atoms with Crippen molar-refractivity contribution in [2.24, 2.45) is 12.8 Å². The van der Waals surface area contributed by atoms with E-state index in [0.717, 1.165) is 11.3 Å². The van der Waals surface area contributed by atoms with Gasteiger partial charge < -0.3 is 20.9 Å². The molecule has 0 saturated carbocycles. The van der Waals surface area contributed by atoms with Crippen LogP contribution in [0.15, 0.2) is 12.3 Å². The molecule has 0 spiro atoms. The number of aromatic nitrogens is 2. The van der Waals surface area contributed by atoms with Gasteiger partial charge in [-0.1, -0.05) is 11.3 Å². The molecule has 2 aromatic rings. The second-order valence-electron chi connectivity index (χ2n) is 5.41. The summed E-state index contributed by atoms with van der Waals surface area (Å²) in [6.07, 6.45) is 2.39. The van der Waals surface area contributed by atoms with Crippen molar-refractivity contribution < 1.29 is 14.4 Å². The van der Waals surface area contributed by atoms with Gasteiger partial charge in [0.1, 0.15) is 10.6 Å². The minimum atomic E-state index is -0.413. The molecule has 138 valence electrons. The number of hydrogen-bond acceptors (Lipinski definition) is 6. The van der Waals surface area contributed by atoms with Crippen LogP contribution in [0.4, 0.5) is 10.8 Å². The molecule has 0 aliphatic heterocycles. The zero-order valence-corrected chi connectivity index (χ0v) is 15.1. The van der Waals surface area contributed by atoms with Crippen LogP contribution in [0.25, 0.3) is 0 Å². The molecule has 0 aliphatic rings. The molecule has 0 aromatic carbocycles. The highest BCUT2D eigenvalue weighted by Gasteiger charge is 2.18. The Balaban J connectivity index is 2.06. The maximum Gasteiger partial charge on any atom is 0.274 e. The van der Waals surface area contributed by atoms with Crippen molar-refractivity contribution in [3.05, 3.63) is 28.5 Å². The monoisotopic (exact) mass is 377 g/mol. The lowest BCUT2D eigenvalue weighted by molar-refractivity contribution is -0.105. The Morgan fingerprint density at radius 3 is 2.81 bits per heavy atom. The highest BCUT2D eigenvalue weighted by atomic mass is 32.1. The average Bonchev–Trinajstić information content (AvgIpc) is 3.10. The number of hydrogen-bond donors (Lipinski definition) is 5. The summed E-state index contributed by atoms with van der Waals surface area (Å²) in [5.74, 6) is -0.757. The Hall–Kier alpha value is -3.21. The number of nitrogens with zero attached hydrogens (tertiary/aromatic N) is 2.